The minimum Gasteiger partial charge on any atom is -0.330 e. The van der Waals surface area contributed by atoms with Crippen molar-refractivity contribution in [3.8, 4) is 0 Å². The largest absolute Gasteiger partial charge is 0.330 e. The molecule has 11 heavy (non-hydrogen) atoms. The summed E-state index contributed by atoms with van der Waals surface area (Å²) in [5.74, 6) is 0.957. The Labute approximate surface area is 67.5 Å². The molecule has 0 saturated heterocycles. The van der Waals surface area contributed by atoms with Gasteiger partial charge in [-0.1, -0.05) is 0 Å². The Morgan fingerprint density at radius 3 is 3.45 bits per heavy atom. The molecule has 0 aromatic heterocycles. The van der Waals surface area contributed by atoms with Gasteiger partial charge in [-0.05, 0) is 0 Å². The molecule has 0 aromatic rings. The van der Waals surface area contributed by atoms with Crippen molar-refractivity contribution in [3.05, 3.63) is 11.1 Å². The van der Waals surface area contributed by atoms with E-state index < -0.39 is 0 Å². The van der Waals surface area contributed by atoms with Gasteiger partial charge >= 0.3 is 0 Å². The molecule has 0 radical (unpaired) electrons. The highest BCUT2D eigenvalue weighted by Gasteiger charge is 2.18. The van der Waals surface area contributed by atoms with Gasteiger partial charge in [0.05, 0.1) is 17.0 Å². The van der Waals surface area contributed by atoms with Crippen molar-refractivity contribution in [1.82, 2.24) is 5.32 Å². The first-order valence-corrected chi connectivity index (χ1v) is 4.08. The Morgan fingerprint density at radius 2 is 2.55 bits per heavy atom. The molecular weight excluding hydrogens is 162 g/mol. The quantitative estimate of drug-likeness (QED) is 0.558. The third-order valence-electron chi connectivity index (χ3n) is 1.29. The van der Waals surface area contributed by atoms with Gasteiger partial charge in [0.1, 0.15) is 5.84 Å². The molecule has 2 heterocycles. The summed E-state index contributed by atoms with van der Waals surface area (Å²) in [5.41, 5.74) is 0. The van der Waals surface area contributed by atoms with E-state index in [1.807, 2.05) is 0 Å². The van der Waals surface area contributed by atoms with Crippen LogP contribution in [0.5, 0.6) is 0 Å². The highest BCUT2D eigenvalue weighted by atomic mass is 32.2. The zero-order valence-electron chi connectivity index (χ0n) is 5.57. The van der Waals surface area contributed by atoms with E-state index >= 15 is 0 Å². The second-order valence-electron chi connectivity index (χ2n) is 2.06. The molecule has 1 amide bonds. The molecule has 0 saturated carbocycles. The van der Waals surface area contributed by atoms with Crippen molar-refractivity contribution >= 4 is 29.8 Å². The number of hydrogen-bond acceptors (Lipinski definition) is 4. The van der Waals surface area contributed by atoms with Crippen molar-refractivity contribution < 1.29 is 4.79 Å². The molecule has 56 valence electrons. The summed E-state index contributed by atoms with van der Waals surface area (Å²) in [6.07, 6.45) is 3.22. The Balaban J connectivity index is 2.37. The number of thioether (sulfide) groups is 1. The maximum absolute atomic E-state index is 10.8. The molecule has 0 spiro atoms. The van der Waals surface area contributed by atoms with Crippen molar-refractivity contribution in [3.63, 3.8) is 0 Å². The second kappa shape index (κ2) is 2.50. The average molecular weight is 167 g/mol. The monoisotopic (exact) mass is 167 g/mol. The zero-order chi connectivity index (χ0) is 7.68. The van der Waals surface area contributed by atoms with E-state index in [0.717, 1.165) is 4.91 Å². The zero-order valence-corrected chi connectivity index (χ0v) is 6.39. The van der Waals surface area contributed by atoms with E-state index in [2.05, 4.69) is 15.3 Å². The SMILES string of the molecule is O=C1CSC2=CN=CNC2=N1. The van der Waals surface area contributed by atoms with Crippen LogP contribution in [-0.2, 0) is 4.79 Å². The smallest absolute Gasteiger partial charge is 0.258 e. The van der Waals surface area contributed by atoms with Crippen molar-refractivity contribution in [2.75, 3.05) is 5.75 Å². The van der Waals surface area contributed by atoms with Gasteiger partial charge in [0.15, 0.2) is 0 Å². The van der Waals surface area contributed by atoms with Crippen LogP contribution in [0.15, 0.2) is 21.1 Å². The summed E-state index contributed by atoms with van der Waals surface area (Å²) in [6.45, 7) is 0. The first-order chi connectivity index (χ1) is 5.36. The predicted molar refractivity (Wildman–Crippen MR) is 44.6 cm³/mol. The highest BCUT2D eigenvalue weighted by molar-refractivity contribution is 8.04. The number of aliphatic imine (C=N–C) groups is 2. The summed E-state index contributed by atoms with van der Waals surface area (Å²) in [4.78, 5) is 19.4. The number of rotatable bonds is 0. The number of carbonyl (C=O) groups excluding carboxylic acids is 1. The second-order valence-corrected chi connectivity index (χ2v) is 3.08. The average Bonchev–Trinajstić information content (AvgIpc) is 2.04. The van der Waals surface area contributed by atoms with Crippen LogP contribution in [0.2, 0.25) is 0 Å². The highest BCUT2D eigenvalue weighted by Crippen LogP contribution is 2.21. The molecule has 0 aromatic carbocycles. The van der Waals surface area contributed by atoms with Crippen molar-refractivity contribution in [1.29, 1.82) is 0 Å². The summed E-state index contributed by atoms with van der Waals surface area (Å²) >= 11 is 1.46. The normalized spacial score (nSPS) is 21.6. The Morgan fingerprint density at radius 1 is 1.64 bits per heavy atom. The van der Waals surface area contributed by atoms with E-state index in [-0.39, 0.29) is 5.91 Å². The van der Waals surface area contributed by atoms with Crippen LogP contribution in [0.4, 0.5) is 0 Å². The molecular formula is C6H5N3OS. The third-order valence-corrected chi connectivity index (χ3v) is 2.29. The van der Waals surface area contributed by atoms with Crippen LogP contribution >= 0.6 is 11.8 Å². The molecule has 0 aliphatic carbocycles. The van der Waals surface area contributed by atoms with Crippen LogP contribution in [0.1, 0.15) is 0 Å². The van der Waals surface area contributed by atoms with E-state index in [0.29, 0.717) is 11.6 Å². The topological polar surface area (TPSA) is 53.8 Å². The first-order valence-electron chi connectivity index (χ1n) is 3.09. The lowest BCUT2D eigenvalue weighted by Gasteiger charge is -2.14. The molecule has 0 fully saturated rings. The van der Waals surface area contributed by atoms with E-state index in [4.69, 9.17) is 0 Å². The van der Waals surface area contributed by atoms with Gasteiger partial charge in [-0.25, -0.2) is 4.99 Å². The fourth-order valence-electron chi connectivity index (χ4n) is 0.825. The fraction of sp³-hybridized carbons (Fsp3) is 0.167. The Bertz CT molecular complexity index is 292. The van der Waals surface area contributed by atoms with Gasteiger partial charge in [-0.3, -0.25) is 4.79 Å². The van der Waals surface area contributed by atoms with Crippen LogP contribution in [0.3, 0.4) is 0 Å². The molecule has 0 unspecified atom stereocenters. The Hall–Kier alpha value is -1.10. The summed E-state index contributed by atoms with van der Waals surface area (Å²) in [7, 11) is 0. The lowest BCUT2D eigenvalue weighted by molar-refractivity contribution is -0.115. The summed E-state index contributed by atoms with van der Waals surface area (Å²) < 4.78 is 0. The third kappa shape index (κ3) is 1.19. The van der Waals surface area contributed by atoms with Crippen molar-refractivity contribution in [2.45, 2.75) is 0 Å². The van der Waals surface area contributed by atoms with Gasteiger partial charge in [0.2, 0.25) is 0 Å². The lowest BCUT2D eigenvalue weighted by atomic mass is 10.5. The molecule has 1 N–H and O–H groups in total. The molecule has 2 aliphatic rings. The van der Waals surface area contributed by atoms with Gasteiger partial charge in [-0.2, -0.15) is 4.99 Å². The standard InChI is InChI=1S/C6H5N3OS/c10-5-2-11-4-1-7-3-8-6(4)9-5/h1,3H,2H2,(H,7,8,9,10). The van der Waals surface area contributed by atoms with Gasteiger partial charge in [0, 0.05) is 6.20 Å². The van der Waals surface area contributed by atoms with Crippen LogP contribution in [-0.4, -0.2) is 23.8 Å². The number of hydrogen-bond donors (Lipinski definition) is 1. The van der Waals surface area contributed by atoms with Crippen LogP contribution < -0.4 is 5.32 Å². The number of amidine groups is 1. The minimum absolute atomic E-state index is 0.0926. The van der Waals surface area contributed by atoms with Gasteiger partial charge in [0.25, 0.3) is 5.91 Å². The number of nitrogens with zero attached hydrogens (tertiary/aromatic N) is 2. The van der Waals surface area contributed by atoms with Gasteiger partial charge in [-0.15, -0.1) is 11.8 Å². The lowest BCUT2D eigenvalue weighted by Crippen LogP contribution is -2.29. The molecule has 2 aliphatic heterocycles. The van der Waals surface area contributed by atoms with Crippen molar-refractivity contribution in [2.24, 2.45) is 9.98 Å². The summed E-state index contributed by atoms with van der Waals surface area (Å²) in [5, 5.41) is 2.80. The summed E-state index contributed by atoms with van der Waals surface area (Å²) in [6, 6.07) is 0. The molecule has 5 heteroatoms. The number of amides is 1. The van der Waals surface area contributed by atoms with Gasteiger partial charge < -0.3 is 5.32 Å². The van der Waals surface area contributed by atoms with Crippen LogP contribution in [0.25, 0.3) is 0 Å². The maximum Gasteiger partial charge on any atom is 0.258 e. The van der Waals surface area contributed by atoms with E-state index in [1.165, 1.54) is 18.1 Å². The molecule has 0 atom stereocenters. The molecule has 4 nitrogen and oxygen atoms in total. The fourth-order valence-corrected chi connectivity index (χ4v) is 1.55. The first kappa shape index (κ1) is 6.60. The molecule has 2 rings (SSSR count). The van der Waals surface area contributed by atoms with E-state index in [1.54, 1.807) is 6.20 Å². The number of carbonyl (C=O) groups is 1. The van der Waals surface area contributed by atoms with E-state index in [9.17, 15) is 4.79 Å². The Kier molecular flexibility index (Phi) is 1.50. The maximum atomic E-state index is 10.8. The van der Waals surface area contributed by atoms with Crippen LogP contribution in [0, 0.1) is 0 Å². The number of nitrogens with one attached hydrogen (secondary N) is 1. The predicted octanol–water partition coefficient (Wildman–Crippen LogP) is 0.131. The minimum atomic E-state index is -0.0926. The number of fused-ring (bicyclic) bond motifs is 1. The molecule has 0 bridgehead atoms.